The maximum Gasteiger partial charge on any atom is 0.239 e. The first-order chi connectivity index (χ1) is 15.7. The van der Waals surface area contributed by atoms with Crippen molar-refractivity contribution in [3.8, 4) is 34.3 Å². The fourth-order valence-electron chi connectivity index (χ4n) is 3.59. The molecule has 2 heterocycles. The molecule has 1 aromatic heterocycles. The Balaban J connectivity index is 1.88. The molecule has 3 aromatic rings. The van der Waals surface area contributed by atoms with Crippen LogP contribution in [0.3, 0.4) is 0 Å². The normalized spacial score (nSPS) is 25.2. The van der Waals surface area contributed by atoms with E-state index in [0.717, 1.165) is 12.1 Å². The number of phenols is 2. The number of rotatable bonds is 5. The lowest BCUT2D eigenvalue weighted by Crippen LogP contribution is -2.60. The van der Waals surface area contributed by atoms with Gasteiger partial charge in [0.1, 0.15) is 52.6 Å². The smallest absolute Gasteiger partial charge is 0.239 e. The summed E-state index contributed by atoms with van der Waals surface area (Å²) in [5, 5.41) is 59.5. The number of phenolic OH excluding ortho intramolecular Hbond substituents is 2. The third-order valence-electron chi connectivity index (χ3n) is 5.35. The number of benzene rings is 2. The van der Waals surface area contributed by atoms with Crippen LogP contribution in [-0.2, 0) is 4.74 Å². The zero-order chi connectivity index (χ0) is 23.9. The molecule has 0 bridgehead atoms. The van der Waals surface area contributed by atoms with Gasteiger partial charge in [-0.3, -0.25) is 4.79 Å². The number of ether oxygens (including phenoxy) is 3. The average molecular weight is 462 g/mol. The van der Waals surface area contributed by atoms with E-state index in [1.165, 1.54) is 7.11 Å². The number of fused-ring (bicyclic) bond motifs is 1. The number of aliphatic hydroxyl groups excluding tert-OH is 4. The van der Waals surface area contributed by atoms with Gasteiger partial charge in [0, 0.05) is 17.7 Å². The molecule has 2 aromatic carbocycles. The summed E-state index contributed by atoms with van der Waals surface area (Å²) >= 11 is 0. The molecule has 5 atom stereocenters. The van der Waals surface area contributed by atoms with Crippen LogP contribution in [0.15, 0.2) is 45.6 Å². The van der Waals surface area contributed by atoms with Crippen molar-refractivity contribution in [1.29, 1.82) is 0 Å². The predicted octanol–water partition coefficient (Wildman–Crippen LogP) is 0.0585. The summed E-state index contributed by atoms with van der Waals surface area (Å²) < 4.78 is 21.9. The van der Waals surface area contributed by atoms with Crippen molar-refractivity contribution in [3.05, 3.63) is 46.6 Å². The van der Waals surface area contributed by atoms with Crippen molar-refractivity contribution in [1.82, 2.24) is 0 Å². The Labute approximate surface area is 186 Å². The lowest BCUT2D eigenvalue weighted by molar-refractivity contribution is -0.277. The van der Waals surface area contributed by atoms with Gasteiger partial charge in [0.15, 0.2) is 5.76 Å². The number of aliphatic hydroxyl groups is 4. The lowest BCUT2D eigenvalue weighted by atomic mass is 9.99. The van der Waals surface area contributed by atoms with Gasteiger partial charge < -0.3 is 49.3 Å². The molecular formula is C22H22O11. The number of aromatic hydroxyl groups is 2. The summed E-state index contributed by atoms with van der Waals surface area (Å²) in [5.74, 6) is -0.992. The largest absolute Gasteiger partial charge is 0.508 e. The minimum Gasteiger partial charge on any atom is -0.508 e. The number of methoxy groups -OCH3 is 1. The molecule has 1 fully saturated rings. The fourth-order valence-corrected chi connectivity index (χ4v) is 3.59. The predicted molar refractivity (Wildman–Crippen MR) is 112 cm³/mol. The summed E-state index contributed by atoms with van der Waals surface area (Å²) in [4.78, 5) is 13.3. The first kappa shape index (κ1) is 22.8. The van der Waals surface area contributed by atoms with Crippen LogP contribution in [0.5, 0.6) is 23.0 Å². The third-order valence-corrected chi connectivity index (χ3v) is 5.35. The third kappa shape index (κ3) is 4.08. The molecule has 0 saturated carbocycles. The van der Waals surface area contributed by atoms with Gasteiger partial charge in [-0.1, -0.05) is 0 Å². The topological polar surface area (TPSA) is 179 Å². The summed E-state index contributed by atoms with van der Waals surface area (Å²) in [5.41, 5.74) is -0.641. The van der Waals surface area contributed by atoms with E-state index in [2.05, 4.69) is 0 Å². The molecule has 0 amide bonds. The van der Waals surface area contributed by atoms with Crippen LogP contribution in [0.25, 0.3) is 22.3 Å². The zero-order valence-electron chi connectivity index (χ0n) is 17.3. The molecule has 1 saturated heterocycles. The zero-order valence-corrected chi connectivity index (χ0v) is 17.3. The Bertz CT molecular complexity index is 1200. The first-order valence-corrected chi connectivity index (χ1v) is 9.89. The Morgan fingerprint density at radius 2 is 1.70 bits per heavy atom. The molecule has 11 heteroatoms. The number of hydrogen-bond donors (Lipinski definition) is 6. The molecule has 1 aliphatic heterocycles. The van der Waals surface area contributed by atoms with Gasteiger partial charge in [0.2, 0.25) is 17.5 Å². The highest BCUT2D eigenvalue weighted by atomic mass is 16.7. The Hall–Kier alpha value is -3.35. The second-order valence-electron chi connectivity index (χ2n) is 7.47. The lowest BCUT2D eigenvalue weighted by Gasteiger charge is -2.39. The summed E-state index contributed by atoms with van der Waals surface area (Å²) in [7, 11) is 1.48. The van der Waals surface area contributed by atoms with Crippen molar-refractivity contribution in [2.24, 2.45) is 0 Å². The van der Waals surface area contributed by atoms with Crippen LogP contribution < -0.4 is 14.9 Å². The molecule has 176 valence electrons. The van der Waals surface area contributed by atoms with Gasteiger partial charge in [-0.15, -0.1) is 0 Å². The Morgan fingerprint density at radius 1 is 1.00 bits per heavy atom. The van der Waals surface area contributed by atoms with Crippen molar-refractivity contribution in [3.63, 3.8) is 0 Å². The summed E-state index contributed by atoms with van der Waals surface area (Å²) in [6.07, 6.45) is -8.07. The fraction of sp³-hybridized carbons (Fsp3) is 0.318. The van der Waals surface area contributed by atoms with E-state index in [9.17, 15) is 35.4 Å². The Kier molecular flexibility index (Phi) is 6.15. The van der Waals surface area contributed by atoms with E-state index in [4.69, 9.17) is 18.6 Å². The molecule has 1 aliphatic rings. The summed E-state index contributed by atoms with van der Waals surface area (Å²) in [6, 6.07) is 8.40. The van der Waals surface area contributed by atoms with Crippen LogP contribution in [0.4, 0.5) is 0 Å². The molecular weight excluding hydrogens is 440 g/mol. The highest BCUT2D eigenvalue weighted by Gasteiger charge is 2.45. The van der Waals surface area contributed by atoms with E-state index in [0.29, 0.717) is 11.3 Å². The second kappa shape index (κ2) is 8.89. The molecule has 4 rings (SSSR count). The Morgan fingerprint density at radius 3 is 2.33 bits per heavy atom. The van der Waals surface area contributed by atoms with Crippen LogP contribution in [0, 0.1) is 0 Å². The molecule has 0 radical (unpaired) electrons. The van der Waals surface area contributed by atoms with E-state index in [1.54, 1.807) is 24.3 Å². The van der Waals surface area contributed by atoms with Gasteiger partial charge >= 0.3 is 0 Å². The molecule has 33 heavy (non-hydrogen) atoms. The van der Waals surface area contributed by atoms with Crippen molar-refractivity contribution in [2.75, 3.05) is 13.7 Å². The first-order valence-electron chi connectivity index (χ1n) is 9.89. The molecule has 0 unspecified atom stereocenters. The van der Waals surface area contributed by atoms with E-state index in [1.807, 2.05) is 0 Å². The van der Waals surface area contributed by atoms with E-state index in [-0.39, 0.29) is 22.5 Å². The monoisotopic (exact) mass is 462 g/mol. The minimum atomic E-state index is -1.78. The van der Waals surface area contributed by atoms with Crippen LogP contribution >= 0.6 is 0 Å². The second-order valence-corrected chi connectivity index (χ2v) is 7.47. The van der Waals surface area contributed by atoms with Crippen LogP contribution in [0.1, 0.15) is 0 Å². The molecule has 0 spiro atoms. The van der Waals surface area contributed by atoms with E-state index < -0.39 is 54.2 Å². The van der Waals surface area contributed by atoms with Crippen molar-refractivity contribution < 1.29 is 49.3 Å². The highest BCUT2D eigenvalue weighted by molar-refractivity contribution is 5.88. The molecule has 11 nitrogen and oxygen atoms in total. The van der Waals surface area contributed by atoms with Gasteiger partial charge in [-0.25, -0.2) is 0 Å². The highest BCUT2D eigenvalue weighted by Crippen LogP contribution is 2.37. The standard InChI is InChI=1S/C22H22O11/c1-30-11-4-2-9(3-5-11)20-21(17(27)15-12(25)6-10(24)7-13(15)31-20)33-22-19(29)18(28)16(26)14(8-23)32-22/h2-7,14,16,18-19,22-26,28-29H,8H2,1H3/t14-,16-,18+,19-,22-/m1/s1. The van der Waals surface area contributed by atoms with Crippen LogP contribution in [0.2, 0.25) is 0 Å². The average Bonchev–Trinajstić information content (AvgIpc) is 2.80. The van der Waals surface area contributed by atoms with Gasteiger partial charge in [0.05, 0.1) is 13.7 Å². The van der Waals surface area contributed by atoms with E-state index >= 15 is 0 Å². The maximum absolute atomic E-state index is 13.3. The van der Waals surface area contributed by atoms with Gasteiger partial charge in [-0.05, 0) is 24.3 Å². The molecule has 0 aliphatic carbocycles. The maximum atomic E-state index is 13.3. The quantitative estimate of drug-likeness (QED) is 0.302. The summed E-state index contributed by atoms with van der Waals surface area (Å²) in [6.45, 7) is -0.692. The number of hydrogen-bond acceptors (Lipinski definition) is 11. The van der Waals surface area contributed by atoms with Crippen molar-refractivity contribution in [2.45, 2.75) is 30.7 Å². The van der Waals surface area contributed by atoms with Crippen LogP contribution in [-0.4, -0.2) is 75.1 Å². The molecule has 6 N–H and O–H groups in total. The van der Waals surface area contributed by atoms with Crippen molar-refractivity contribution >= 4 is 11.0 Å². The van der Waals surface area contributed by atoms with Gasteiger partial charge in [0.25, 0.3) is 0 Å². The minimum absolute atomic E-state index is 0.128. The van der Waals surface area contributed by atoms with Gasteiger partial charge in [-0.2, -0.15) is 0 Å². The SMILES string of the molecule is COc1ccc(-c2oc3cc(O)cc(O)c3c(=O)c2O[C@H]2O[C@H](CO)[C@@H](O)[C@H](O)[C@H]2O)cc1.